The van der Waals surface area contributed by atoms with Gasteiger partial charge in [-0.2, -0.15) is 0 Å². The summed E-state index contributed by atoms with van der Waals surface area (Å²) in [5.74, 6) is 1.72. The lowest BCUT2D eigenvalue weighted by molar-refractivity contribution is 0.377. The molecule has 1 aromatic heterocycles. The molecule has 1 fully saturated rings. The summed E-state index contributed by atoms with van der Waals surface area (Å²) >= 11 is 9.56. The lowest BCUT2D eigenvalue weighted by atomic mass is 9.89. The maximum absolute atomic E-state index is 6.10. The van der Waals surface area contributed by atoms with Crippen molar-refractivity contribution in [1.82, 2.24) is 4.98 Å². The summed E-state index contributed by atoms with van der Waals surface area (Å²) in [6.45, 7) is 3.09. The van der Waals surface area contributed by atoms with Crippen LogP contribution in [0.3, 0.4) is 0 Å². The van der Waals surface area contributed by atoms with Crippen LogP contribution in [0.25, 0.3) is 0 Å². The van der Waals surface area contributed by atoms with Crippen LogP contribution in [-0.4, -0.2) is 16.9 Å². The Morgan fingerprint density at radius 3 is 2.76 bits per heavy atom. The molecule has 1 N–H and O–H groups in total. The highest BCUT2D eigenvalue weighted by atomic mass is 79.9. The van der Waals surface area contributed by atoms with Crippen molar-refractivity contribution in [2.24, 2.45) is 5.92 Å². The number of alkyl halides is 1. The Bertz CT molecular complexity index is 376. The molecule has 1 saturated carbocycles. The zero-order valence-electron chi connectivity index (χ0n) is 10.0. The van der Waals surface area contributed by atoms with E-state index >= 15 is 0 Å². The van der Waals surface area contributed by atoms with E-state index in [-0.39, 0.29) is 0 Å². The van der Waals surface area contributed by atoms with Crippen molar-refractivity contribution in [2.45, 2.75) is 38.0 Å². The highest BCUT2D eigenvalue weighted by molar-refractivity contribution is 9.10. The topological polar surface area (TPSA) is 24.9 Å². The van der Waals surface area contributed by atoms with Crippen LogP contribution in [-0.2, 0) is 0 Å². The van der Waals surface area contributed by atoms with Crippen molar-refractivity contribution in [1.29, 1.82) is 0 Å². The second-order valence-electron chi connectivity index (χ2n) is 4.82. The van der Waals surface area contributed by atoms with E-state index in [9.17, 15) is 0 Å². The fourth-order valence-electron chi connectivity index (χ4n) is 2.21. The molecule has 2 rings (SSSR count). The maximum atomic E-state index is 6.10. The number of halogens is 2. The van der Waals surface area contributed by atoms with Gasteiger partial charge in [0.25, 0.3) is 0 Å². The fourth-order valence-corrected chi connectivity index (χ4v) is 2.68. The number of aromatic nitrogens is 1. The predicted octanol–water partition coefficient (Wildman–Crippen LogP) is 4.36. The molecule has 4 heteroatoms. The first-order chi connectivity index (χ1) is 8.15. The normalized spacial score (nSPS) is 24.6. The van der Waals surface area contributed by atoms with E-state index < -0.39 is 0 Å². The van der Waals surface area contributed by atoms with E-state index in [2.05, 4.69) is 39.2 Å². The summed E-state index contributed by atoms with van der Waals surface area (Å²) in [4.78, 5) is 4.35. The lowest BCUT2D eigenvalue weighted by Crippen LogP contribution is -2.21. The predicted molar refractivity (Wildman–Crippen MR) is 76.8 cm³/mol. The fraction of sp³-hybridized carbons (Fsp3) is 0.615. The Labute approximate surface area is 116 Å². The van der Waals surface area contributed by atoms with E-state index in [4.69, 9.17) is 11.6 Å². The first kappa shape index (κ1) is 13.2. The Morgan fingerprint density at radius 2 is 2.12 bits per heavy atom. The lowest BCUT2D eigenvalue weighted by Gasteiger charge is -2.25. The van der Waals surface area contributed by atoms with Gasteiger partial charge < -0.3 is 5.32 Å². The van der Waals surface area contributed by atoms with Gasteiger partial charge in [0.2, 0.25) is 0 Å². The molecule has 1 aromatic rings. The monoisotopic (exact) mass is 316 g/mol. The summed E-state index contributed by atoms with van der Waals surface area (Å²) < 4.78 is 1.06. The number of rotatable bonds is 3. The number of hydrogen-bond acceptors (Lipinski definition) is 2. The molecular weight excluding hydrogens is 300 g/mol. The molecule has 0 saturated heterocycles. The van der Waals surface area contributed by atoms with Crippen molar-refractivity contribution in [3.05, 3.63) is 22.3 Å². The van der Waals surface area contributed by atoms with Crippen molar-refractivity contribution in [3.8, 4) is 0 Å². The summed E-state index contributed by atoms with van der Waals surface area (Å²) in [5, 5.41) is 3.82. The molecule has 0 spiro atoms. The highest BCUT2D eigenvalue weighted by Gasteiger charge is 2.19. The Hall–Kier alpha value is -0.280. The van der Waals surface area contributed by atoms with Gasteiger partial charge >= 0.3 is 0 Å². The zero-order valence-corrected chi connectivity index (χ0v) is 12.4. The average molecular weight is 318 g/mol. The van der Waals surface area contributed by atoms with Crippen LogP contribution in [0, 0.1) is 12.8 Å². The third kappa shape index (κ3) is 3.85. The van der Waals surface area contributed by atoms with Gasteiger partial charge in [0, 0.05) is 22.6 Å². The first-order valence-corrected chi connectivity index (χ1v) is 7.38. The van der Waals surface area contributed by atoms with Crippen LogP contribution >= 0.6 is 27.5 Å². The zero-order chi connectivity index (χ0) is 12.3. The van der Waals surface area contributed by atoms with Crippen LogP contribution in [0.5, 0.6) is 0 Å². The highest BCUT2D eigenvalue weighted by Crippen LogP contribution is 2.27. The number of nitrogens with one attached hydrogen (secondary N) is 1. The molecule has 0 bridgehead atoms. The molecule has 1 heterocycles. The molecule has 0 atom stereocenters. The third-order valence-corrected chi connectivity index (χ3v) is 4.66. The number of aryl methyl sites for hydroxylation is 1. The molecule has 1 aliphatic carbocycles. The summed E-state index contributed by atoms with van der Waals surface area (Å²) in [6, 6.07) is 2.08. The van der Waals surface area contributed by atoms with Crippen LogP contribution in [0.2, 0.25) is 0 Å². The van der Waals surface area contributed by atoms with Crippen molar-refractivity contribution in [3.63, 3.8) is 0 Å². The molecule has 0 unspecified atom stereocenters. The van der Waals surface area contributed by atoms with Crippen LogP contribution < -0.4 is 5.32 Å². The van der Waals surface area contributed by atoms with Crippen LogP contribution in [0.4, 0.5) is 5.82 Å². The van der Waals surface area contributed by atoms with Crippen molar-refractivity contribution in [2.75, 3.05) is 11.9 Å². The second kappa shape index (κ2) is 6.05. The minimum atomic E-state index is 0.402. The second-order valence-corrected chi connectivity index (χ2v) is 6.29. The maximum Gasteiger partial charge on any atom is 0.126 e. The minimum Gasteiger partial charge on any atom is -0.370 e. The quantitative estimate of drug-likeness (QED) is 0.838. The minimum absolute atomic E-state index is 0.402. The molecule has 17 heavy (non-hydrogen) atoms. The largest absolute Gasteiger partial charge is 0.370 e. The van der Waals surface area contributed by atoms with Gasteiger partial charge in [-0.15, -0.1) is 11.6 Å². The smallest absolute Gasteiger partial charge is 0.126 e. The van der Waals surface area contributed by atoms with Gasteiger partial charge in [-0.3, -0.25) is 0 Å². The SMILES string of the molecule is Cc1cc(NCC2CCC(Cl)CC2)ncc1Br. The summed E-state index contributed by atoms with van der Waals surface area (Å²) in [5.41, 5.74) is 1.21. The number of pyridine rings is 1. The van der Waals surface area contributed by atoms with Crippen molar-refractivity contribution < 1.29 is 0 Å². The average Bonchev–Trinajstić information content (AvgIpc) is 2.33. The molecule has 1 aliphatic rings. The van der Waals surface area contributed by atoms with E-state index in [0.717, 1.165) is 35.6 Å². The molecular formula is C13H18BrClN2. The Balaban J connectivity index is 1.83. The number of hydrogen-bond donors (Lipinski definition) is 1. The van der Waals surface area contributed by atoms with E-state index in [1.54, 1.807) is 0 Å². The van der Waals surface area contributed by atoms with Gasteiger partial charge in [-0.25, -0.2) is 4.98 Å². The molecule has 2 nitrogen and oxygen atoms in total. The molecule has 0 aromatic carbocycles. The van der Waals surface area contributed by atoms with Crippen LogP contribution in [0.15, 0.2) is 16.7 Å². The Kier molecular flexibility index (Phi) is 4.69. The number of anilines is 1. The third-order valence-electron chi connectivity index (χ3n) is 3.40. The van der Waals surface area contributed by atoms with Gasteiger partial charge in [0.05, 0.1) is 0 Å². The van der Waals surface area contributed by atoms with Gasteiger partial charge in [0.15, 0.2) is 0 Å². The van der Waals surface area contributed by atoms with E-state index in [1.807, 2.05) is 6.20 Å². The summed E-state index contributed by atoms with van der Waals surface area (Å²) in [7, 11) is 0. The van der Waals surface area contributed by atoms with Gasteiger partial charge in [-0.1, -0.05) is 0 Å². The van der Waals surface area contributed by atoms with E-state index in [1.165, 1.54) is 18.4 Å². The van der Waals surface area contributed by atoms with E-state index in [0.29, 0.717) is 5.38 Å². The summed E-state index contributed by atoms with van der Waals surface area (Å²) in [6.07, 6.45) is 6.63. The number of nitrogens with zero attached hydrogens (tertiary/aromatic N) is 1. The Morgan fingerprint density at radius 1 is 1.41 bits per heavy atom. The molecule has 0 aliphatic heterocycles. The molecule has 94 valence electrons. The van der Waals surface area contributed by atoms with Crippen molar-refractivity contribution >= 4 is 33.3 Å². The van der Waals surface area contributed by atoms with Gasteiger partial charge in [-0.05, 0) is 66.1 Å². The molecule has 0 radical (unpaired) electrons. The van der Waals surface area contributed by atoms with Crippen LogP contribution in [0.1, 0.15) is 31.2 Å². The van der Waals surface area contributed by atoms with Gasteiger partial charge in [0.1, 0.15) is 5.82 Å². The standard InChI is InChI=1S/C13H18BrClN2/c1-9-6-13(17-8-12(9)14)16-7-10-2-4-11(15)5-3-10/h6,8,10-11H,2-5,7H2,1H3,(H,16,17). The first-order valence-electron chi connectivity index (χ1n) is 6.15. The molecule has 0 amide bonds.